The van der Waals surface area contributed by atoms with Gasteiger partial charge >= 0.3 is 12.1 Å². The Kier molecular flexibility index (Phi) is 12.6. The van der Waals surface area contributed by atoms with Gasteiger partial charge in [0.1, 0.15) is 5.60 Å². The van der Waals surface area contributed by atoms with Gasteiger partial charge in [0.2, 0.25) is 5.91 Å². The standard InChI is InChI=1S/C21H40N2O7/c1-8-15(4)16(22-20(28)30-21(5,6)7)13-29-23(17(11-12-24)19(26)27)18(25)10-9-14(2)3/h14-17,24H,8-13H2,1-7H3,(H,22,28)(H,26,27)/t15-,16?,17-/m0/s1. The minimum atomic E-state index is -1.31. The van der Waals surface area contributed by atoms with Crippen LogP contribution in [-0.2, 0) is 19.2 Å². The number of amides is 2. The second kappa shape index (κ2) is 13.4. The van der Waals surface area contributed by atoms with E-state index in [0.29, 0.717) is 6.42 Å². The summed E-state index contributed by atoms with van der Waals surface area (Å²) < 4.78 is 5.29. The number of carbonyl (C=O) groups is 3. The van der Waals surface area contributed by atoms with E-state index in [4.69, 9.17) is 9.57 Å². The molecule has 2 amide bonds. The number of aliphatic carboxylic acids is 1. The smallest absolute Gasteiger partial charge is 0.407 e. The number of rotatable bonds is 13. The predicted octanol–water partition coefficient (Wildman–Crippen LogP) is 2.96. The largest absolute Gasteiger partial charge is 0.480 e. The molecule has 0 spiro atoms. The van der Waals surface area contributed by atoms with Crippen molar-refractivity contribution in [2.45, 2.75) is 91.8 Å². The van der Waals surface area contributed by atoms with Gasteiger partial charge in [-0.25, -0.2) is 14.7 Å². The SMILES string of the molecule is CC[C@H](C)C(CON(C(=O)CCC(C)C)[C@@H](CCO)C(=O)O)NC(=O)OC(C)(C)C. The first-order valence-electron chi connectivity index (χ1n) is 10.6. The van der Waals surface area contributed by atoms with Gasteiger partial charge in [0, 0.05) is 19.4 Å². The van der Waals surface area contributed by atoms with Crippen LogP contribution in [0.3, 0.4) is 0 Å². The summed E-state index contributed by atoms with van der Waals surface area (Å²) in [5.41, 5.74) is -0.667. The summed E-state index contributed by atoms with van der Waals surface area (Å²) in [6, 6.07) is -1.80. The molecule has 0 aliphatic heterocycles. The van der Waals surface area contributed by atoms with Gasteiger partial charge in [-0.1, -0.05) is 34.1 Å². The summed E-state index contributed by atoms with van der Waals surface area (Å²) in [7, 11) is 0. The average Bonchev–Trinajstić information content (AvgIpc) is 2.62. The maximum absolute atomic E-state index is 12.7. The zero-order chi connectivity index (χ0) is 23.5. The van der Waals surface area contributed by atoms with Crippen molar-refractivity contribution in [3.63, 3.8) is 0 Å². The molecule has 0 heterocycles. The highest BCUT2D eigenvalue weighted by Gasteiger charge is 2.32. The first-order valence-corrected chi connectivity index (χ1v) is 10.6. The molecule has 0 aliphatic rings. The lowest BCUT2D eigenvalue weighted by atomic mass is 10.0. The maximum atomic E-state index is 12.7. The highest BCUT2D eigenvalue weighted by Crippen LogP contribution is 2.16. The Morgan fingerprint density at radius 2 is 1.70 bits per heavy atom. The quantitative estimate of drug-likeness (QED) is 0.382. The summed E-state index contributed by atoms with van der Waals surface area (Å²) >= 11 is 0. The first-order chi connectivity index (χ1) is 13.8. The van der Waals surface area contributed by atoms with Gasteiger partial charge < -0.3 is 20.3 Å². The molecule has 0 radical (unpaired) electrons. The summed E-state index contributed by atoms with van der Waals surface area (Å²) in [4.78, 5) is 42.2. The highest BCUT2D eigenvalue weighted by atomic mass is 16.7. The lowest BCUT2D eigenvalue weighted by molar-refractivity contribution is -0.211. The minimum absolute atomic E-state index is 0.00810. The monoisotopic (exact) mass is 432 g/mol. The summed E-state index contributed by atoms with van der Waals surface area (Å²) in [5, 5.41) is 22.3. The molecule has 0 aromatic carbocycles. The molecular weight excluding hydrogens is 392 g/mol. The van der Waals surface area contributed by atoms with E-state index >= 15 is 0 Å². The summed E-state index contributed by atoms with van der Waals surface area (Å²) in [5.74, 6) is -1.48. The van der Waals surface area contributed by atoms with Gasteiger partial charge in [-0.05, 0) is 39.0 Å². The molecule has 3 atom stereocenters. The molecule has 0 rings (SSSR count). The number of nitrogens with one attached hydrogen (secondary N) is 1. The Morgan fingerprint density at radius 3 is 2.13 bits per heavy atom. The van der Waals surface area contributed by atoms with Crippen LogP contribution in [0.15, 0.2) is 0 Å². The second-order valence-electron chi connectivity index (χ2n) is 8.95. The third-order valence-corrected chi connectivity index (χ3v) is 4.58. The Morgan fingerprint density at radius 1 is 1.10 bits per heavy atom. The van der Waals surface area contributed by atoms with E-state index in [9.17, 15) is 24.6 Å². The first kappa shape index (κ1) is 28.1. The number of nitrogens with zero attached hydrogens (tertiary/aromatic N) is 1. The van der Waals surface area contributed by atoms with Crippen LogP contribution < -0.4 is 5.32 Å². The number of aliphatic hydroxyl groups is 1. The third kappa shape index (κ3) is 11.3. The molecule has 9 nitrogen and oxygen atoms in total. The normalized spacial score (nSPS) is 14.7. The van der Waals surface area contributed by atoms with Gasteiger partial charge in [-0.15, -0.1) is 0 Å². The molecule has 0 aliphatic carbocycles. The molecule has 176 valence electrons. The number of carboxylic acids is 1. The summed E-state index contributed by atoms with van der Waals surface area (Å²) in [6.07, 6.45) is 0.662. The van der Waals surface area contributed by atoms with Crippen LogP contribution in [0.5, 0.6) is 0 Å². The van der Waals surface area contributed by atoms with Crippen molar-refractivity contribution in [3.8, 4) is 0 Å². The third-order valence-electron chi connectivity index (χ3n) is 4.58. The Balaban J connectivity index is 5.40. The van der Waals surface area contributed by atoms with Crippen molar-refractivity contribution in [2.24, 2.45) is 11.8 Å². The zero-order valence-corrected chi connectivity index (χ0v) is 19.4. The van der Waals surface area contributed by atoms with Crippen LogP contribution in [0.1, 0.15) is 74.1 Å². The zero-order valence-electron chi connectivity index (χ0n) is 19.4. The van der Waals surface area contributed by atoms with Crippen molar-refractivity contribution >= 4 is 18.0 Å². The van der Waals surface area contributed by atoms with Crippen molar-refractivity contribution in [2.75, 3.05) is 13.2 Å². The van der Waals surface area contributed by atoms with E-state index in [2.05, 4.69) is 5.32 Å². The van der Waals surface area contributed by atoms with E-state index in [1.807, 2.05) is 27.7 Å². The Hall–Kier alpha value is -1.87. The van der Waals surface area contributed by atoms with Crippen LogP contribution in [0.4, 0.5) is 4.79 Å². The molecule has 30 heavy (non-hydrogen) atoms. The molecule has 0 saturated heterocycles. The molecule has 3 N–H and O–H groups in total. The van der Waals surface area contributed by atoms with E-state index in [-0.39, 0.29) is 31.3 Å². The van der Waals surface area contributed by atoms with Gasteiger partial charge in [0.25, 0.3) is 0 Å². The van der Waals surface area contributed by atoms with Crippen molar-refractivity contribution < 1.29 is 34.2 Å². The van der Waals surface area contributed by atoms with Crippen LogP contribution in [-0.4, -0.2) is 64.1 Å². The lowest BCUT2D eigenvalue weighted by Crippen LogP contribution is -2.50. The fraction of sp³-hybridized carbons (Fsp3) is 0.857. The van der Waals surface area contributed by atoms with E-state index < -0.39 is 42.3 Å². The average molecular weight is 433 g/mol. The predicted molar refractivity (Wildman–Crippen MR) is 113 cm³/mol. The number of carboxylic acid groups (broad SMARTS) is 1. The van der Waals surface area contributed by atoms with Gasteiger partial charge in [0.15, 0.2) is 6.04 Å². The molecular formula is C21H40N2O7. The Bertz CT molecular complexity index is 546. The molecule has 9 heteroatoms. The molecule has 0 fully saturated rings. The topological polar surface area (TPSA) is 125 Å². The van der Waals surface area contributed by atoms with Crippen LogP contribution >= 0.6 is 0 Å². The highest BCUT2D eigenvalue weighted by molar-refractivity contribution is 5.82. The minimum Gasteiger partial charge on any atom is -0.480 e. The fourth-order valence-electron chi connectivity index (χ4n) is 2.57. The number of ether oxygens (including phenoxy) is 1. The van der Waals surface area contributed by atoms with Gasteiger partial charge in [0.05, 0.1) is 12.6 Å². The molecule has 1 unspecified atom stereocenters. The number of aliphatic hydroxyl groups excluding tert-OH is 1. The number of hydrogen-bond donors (Lipinski definition) is 3. The van der Waals surface area contributed by atoms with E-state index in [1.54, 1.807) is 20.8 Å². The molecule has 0 saturated carbocycles. The van der Waals surface area contributed by atoms with Crippen LogP contribution in [0.2, 0.25) is 0 Å². The number of hydroxylamine groups is 2. The van der Waals surface area contributed by atoms with Crippen molar-refractivity contribution in [1.82, 2.24) is 10.4 Å². The van der Waals surface area contributed by atoms with Gasteiger partial charge in [-0.3, -0.25) is 9.63 Å². The van der Waals surface area contributed by atoms with Crippen molar-refractivity contribution in [1.29, 1.82) is 0 Å². The molecule has 0 aromatic rings. The maximum Gasteiger partial charge on any atom is 0.407 e. The van der Waals surface area contributed by atoms with E-state index in [1.165, 1.54) is 0 Å². The Labute approximate surface area is 180 Å². The number of hydrogen-bond acceptors (Lipinski definition) is 6. The van der Waals surface area contributed by atoms with E-state index in [0.717, 1.165) is 11.5 Å². The molecule has 0 aromatic heterocycles. The number of carbonyl (C=O) groups excluding carboxylic acids is 2. The van der Waals surface area contributed by atoms with Crippen LogP contribution in [0, 0.1) is 11.8 Å². The summed E-state index contributed by atoms with van der Waals surface area (Å²) in [6.45, 7) is 12.5. The van der Waals surface area contributed by atoms with Crippen molar-refractivity contribution in [3.05, 3.63) is 0 Å². The lowest BCUT2D eigenvalue weighted by Gasteiger charge is -2.32. The fourth-order valence-corrected chi connectivity index (χ4v) is 2.57. The second-order valence-corrected chi connectivity index (χ2v) is 8.95. The van der Waals surface area contributed by atoms with Gasteiger partial charge in [-0.2, -0.15) is 0 Å². The van der Waals surface area contributed by atoms with Crippen LogP contribution in [0.25, 0.3) is 0 Å². The number of alkyl carbamates (subject to hydrolysis) is 1. The molecule has 0 bridgehead atoms.